The Balaban J connectivity index is 0.00000324. The highest BCUT2D eigenvalue weighted by molar-refractivity contribution is 5.85. The lowest BCUT2D eigenvalue weighted by Gasteiger charge is -2.24. The lowest BCUT2D eigenvalue weighted by molar-refractivity contribution is -0.123. The Morgan fingerprint density at radius 3 is 2.47 bits per heavy atom. The number of carbonyl (C=O) groups excluding carboxylic acids is 1. The number of halogens is 1. The molecule has 1 rings (SSSR count). The minimum Gasteiger partial charge on any atom is -0.352 e. The molecular weight excluding hydrogens is 260 g/mol. The topological polar surface area (TPSA) is 55.1 Å². The van der Waals surface area contributed by atoms with Crippen LogP contribution in [0.1, 0.15) is 71.6 Å². The monoisotopic (exact) mass is 290 g/mol. The van der Waals surface area contributed by atoms with Crippen LogP contribution in [0.4, 0.5) is 0 Å². The molecule has 3 N–H and O–H groups in total. The van der Waals surface area contributed by atoms with Crippen LogP contribution in [0, 0.1) is 5.92 Å². The van der Waals surface area contributed by atoms with Crippen LogP contribution in [0.15, 0.2) is 0 Å². The van der Waals surface area contributed by atoms with E-state index >= 15 is 0 Å². The molecule has 0 spiro atoms. The van der Waals surface area contributed by atoms with Crippen molar-refractivity contribution in [2.75, 3.05) is 0 Å². The van der Waals surface area contributed by atoms with Crippen LogP contribution >= 0.6 is 12.4 Å². The van der Waals surface area contributed by atoms with Crippen LogP contribution < -0.4 is 11.1 Å². The summed E-state index contributed by atoms with van der Waals surface area (Å²) in [4.78, 5) is 11.8. The van der Waals surface area contributed by atoms with E-state index in [9.17, 15) is 4.79 Å². The van der Waals surface area contributed by atoms with E-state index in [1.807, 2.05) is 0 Å². The van der Waals surface area contributed by atoms with Crippen molar-refractivity contribution in [3.63, 3.8) is 0 Å². The number of nitrogens with one attached hydrogen (secondary N) is 1. The van der Waals surface area contributed by atoms with Gasteiger partial charge in [0, 0.05) is 6.04 Å². The molecule has 0 saturated heterocycles. The Labute approximate surface area is 124 Å². The lowest BCUT2D eigenvalue weighted by atomic mass is 9.85. The second kappa shape index (κ2) is 10.5. The second-order valence-corrected chi connectivity index (χ2v) is 5.89. The van der Waals surface area contributed by atoms with Crippen LogP contribution in [0.25, 0.3) is 0 Å². The Bertz CT molecular complexity index is 242. The van der Waals surface area contributed by atoms with Gasteiger partial charge in [0.25, 0.3) is 0 Å². The SMILES string of the molecule is CCCC(N)C(=O)NC(C)CCC1CCCCC1.Cl. The van der Waals surface area contributed by atoms with Crippen LogP contribution in [0.3, 0.4) is 0 Å². The van der Waals surface area contributed by atoms with Crippen molar-refractivity contribution < 1.29 is 4.79 Å². The van der Waals surface area contributed by atoms with E-state index in [0.29, 0.717) is 0 Å². The van der Waals surface area contributed by atoms with E-state index in [0.717, 1.165) is 25.2 Å². The van der Waals surface area contributed by atoms with Gasteiger partial charge >= 0.3 is 0 Å². The molecule has 1 amide bonds. The van der Waals surface area contributed by atoms with E-state index in [2.05, 4.69) is 19.2 Å². The van der Waals surface area contributed by atoms with Crippen molar-refractivity contribution in [2.24, 2.45) is 11.7 Å². The Morgan fingerprint density at radius 1 is 1.26 bits per heavy atom. The molecule has 1 fully saturated rings. The van der Waals surface area contributed by atoms with Crippen LogP contribution in [-0.4, -0.2) is 18.0 Å². The molecule has 0 aromatic carbocycles. The first-order valence-corrected chi connectivity index (χ1v) is 7.69. The molecule has 0 aromatic heterocycles. The van der Waals surface area contributed by atoms with Gasteiger partial charge in [-0.1, -0.05) is 45.4 Å². The van der Waals surface area contributed by atoms with Crippen molar-refractivity contribution >= 4 is 18.3 Å². The zero-order chi connectivity index (χ0) is 13.4. The maximum Gasteiger partial charge on any atom is 0.237 e. The molecule has 19 heavy (non-hydrogen) atoms. The van der Waals surface area contributed by atoms with E-state index in [1.54, 1.807) is 0 Å². The van der Waals surface area contributed by atoms with Gasteiger partial charge in [-0.15, -0.1) is 12.4 Å². The van der Waals surface area contributed by atoms with Crippen LogP contribution in [-0.2, 0) is 4.79 Å². The van der Waals surface area contributed by atoms with Crippen molar-refractivity contribution in [2.45, 2.75) is 83.7 Å². The number of carbonyl (C=O) groups is 1. The zero-order valence-corrected chi connectivity index (χ0v) is 13.3. The molecule has 1 saturated carbocycles. The Kier molecular flexibility index (Phi) is 10.3. The minimum atomic E-state index is -0.327. The second-order valence-electron chi connectivity index (χ2n) is 5.89. The first kappa shape index (κ1) is 18.7. The molecule has 2 atom stereocenters. The third-order valence-electron chi connectivity index (χ3n) is 4.06. The van der Waals surface area contributed by atoms with Crippen LogP contribution in [0.2, 0.25) is 0 Å². The third kappa shape index (κ3) is 7.78. The summed E-state index contributed by atoms with van der Waals surface area (Å²) in [5, 5.41) is 3.04. The summed E-state index contributed by atoms with van der Waals surface area (Å²) in [6, 6.07) is -0.0607. The van der Waals surface area contributed by atoms with Gasteiger partial charge in [-0.25, -0.2) is 0 Å². The number of rotatable bonds is 7. The predicted molar refractivity (Wildman–Crippen MR) is 83.5 cm³/mol. The largest absolute Gasteiger partial charge is 0.352 e. The molecule has 4 heteroatoms. The molecule has 0 bridgehead atoms. The molecule has 114 valence electrons. The molecule has 0 radical (unpaired) electrons. The highest BCUT2D eigenvalue weighted by atomic mass is 35.5. The van der Waals surface area contributed by atoms with Crippen molar-refractivity contribution in [1.29, 1.82) is 0 Å². The average molecular weight is 291 g/mol. The predicted octanol–water partition coefficient (Wildman–Crippen LogP) is 3.40. The Morgan fingerprint density at radius 2 is 1.89 bits per heavy atom. The fourth-order valence-electron chi connectivity index (χ4n) is 2.83. The normalized spacial score (nSPS) is 19.3. The minimum absolute atomic E-state index is 0. The lowest BCUT2D eigenvalue weighted by Crippen LogP contribution is -2.44. The quantitative estimate of drug-likeness (QED) is 0.755. The summed E-state index contributed by atoms with van der Waals surface area (Å²) < 4.78 is 0. The average Bonchev–Trinajstić information content (AvgIpc) is 2.38. The standard InChI is InChI=1S/C15H30N2O.ClH/c1-3-7-14(16)15(18)17-12(2)10-11-13-8-5-4-6-9-13;/h12-14H,3-11,16H2,1-2H3,(H,17,18);1H. The van der Waals surface area contributed by atoms with E-state index in [4.69, 9.17) is 5.73 Å². The highest BCUT2D eigenvalue weighted by Crippen LogP contribution is 2.27. The van der Waals surface area contributed by atoms with E-state index in [-0.39, 0.29) is 30.4 Å². The molecule has 0 aromatic rings. The van der Waals surface area contributed by atoms with Gasteiger partial charge in [0.15, 0.2) is 0 Å². The van der Waals surface area contributed by atoms with Gasteiger partial charge in [0.2, 0.25) is 5.91 Å². The van der Waals surface area contributed by atoms with Crippen LogP contribution in [0.5, 0.6) is 0 Å². The van der Waals surface area contributed by atoms with Gasteiger partial charge in [0.1, 0.15) is 0 Å². The fraction of sp³-hybridized carbons (Fsp3) is 0.933. The maximum atomic E-state index is 11.8. The number of hydrogen-bond donors (Lipinski definition) is 2. The summed E-state index contributed by atoms with van der Waals surface area (Å²) in [6.45, 7) is 4.15. The summed E-state index contributed by atoms with van der Waals surface area (Å²) in [5.74, 6) is 0.912. The first-order valence-electron chi connectivity index (χ1n) is 7.69. The number of hydrogen-bond acceptors (Lipinski definition) is 2. The maximum absolute atomic E-state index is 11.8. The molecule has 0 heterocycles. The number of nitrogens with two attached hydrogens (primary N) is 1. The molecule has 0 aliphatic heterocycles. The van der Waals surface area contributed by atoms with Crippen molar-refractivity contribution in [3.05, 3.63) is 0 Å². The molecule has 2 unspecified atom stereocenters. The summed E-state index contributed by atoms with van der Waals surface area (Å²) in [6.07, 6.45) is 11.1. The van der Waals surface area contributed by atoms with Crippen molar-refractivity contribution in [3.8, 4) is 0 Å². The molecule has 3 nitrogen and oxygen atoms in total. The smallest absolute Gasteiger partial charge is 0.237 e. The van der Waals surface area contributed by atoms with Gasteiger partial charge in [-0.05, 0) is 32.1 Å². The van der Waals surface area contributed by atoms with Gasteiger partial charge < -0.3 is 11.1 Å². The zero-order valence-electron chi connectivity index (χ0n) is 12.5. The first-order chi connectivity index (χ1) is 8.63. The van der Waals surface area contributed by atoms with Gasteiger partial charge in [-0.3, -0.25) is 4.79 Å². The van der Waals surface area contributed by atoms with E-state index in [1.165, 1.54) is 38.5 Å². The molecule has 1 aliphatic carbocycles. The summed E-state index contributed by atoms with van der Waals surface area (Å²) in [7, 11) is 0. The Hall–Kier alpha value is -0.280. The van der Waals surface area contributed by atoms with Gasteiger partial charge in [-0.2, -0.15) is 0 Å². The fourth-order valence-corrected chi connectivity index (χ4v) is 2.83. The van der Waals surface area contributed by atoms with Crippen molar-refractivity contribution in [1.82, 2.24) is 5.32 Å². The third-order valence-corrected chi connectivity index (χ3v) is 4.06. The molecular formula is C15H31ClN2O. The number of amides is 1. The van der Waals surface area contributed by atoms with Gasteiger partial charge in [0.05, 0.1) is 6.04 Å². The summed E-state index contributed by atoms with van der Waals surface area (Å²) >= 11 is 0. The highest BCUT2D eigenvalue weighted by Gasteiger charge is 2.17. The molecule has 1 aliphatic rings. The summed E-state index contributed by atoms with van der Waals surface area (Å²) in [5.41, 5.74) is 5.80. The van der Waals surface area contributed by atoms with E-state index < -0.39 is 0 Å².